The van der Waals surface area contributed by atoms with Gasteiger partial charge in [0.25, 0.3) is 0 Å². The Balaban J connectivity index is 1.77. The monoisotopic (exact) mass is 402 g/mol. The molecule has 0 spiro atoms. The second-order valence-electron chi connectivity index (χ2n) is 6.49. The summed E-state index contributed by atoms with van der Waals surface area (Å²) >= 11 is 0. The number of nitrogens with zero attached hydrogens (tertiary/aromatic N) is 4. The molecule has 0 saturated carbocycles. The number of benzene rings is 1. The molecule has 2 N–H and O–H groups in total. The molecule has 29 heavy (non-hydrogen) atoms. The van der Waals surface area contributed by atoms with Gasteiger partial charge in [0.15, 0.2) is 17.5 Å². The second-order valence-corrected chi connectivity index (χ2v) is 6.49. The van der Waals surface area contributed by atoms with E-state index in [9.17, 15) is 0 Å². The van der Waals surface area contributed by atoms with Gasteiger partial charge in [0.2, 0.25) is 0 Å². The van der Waals surface area contributed by atoms with Gasteiger partial charge in [0.05, 0.1) is 13.2 Å². The lowest BCUT2D eigenvalue weighted by atomic mass is 10.1. The first-order valence-corrected chi connectivity index (χ1v) is 10.5. The number of hydrogen-bond donors (Lipinski definition) is 2. The molecule has 8 nitrogen and oxygen atoms in total. The van der Waals surface area contributed by atoms with E-state index < -0.39 is 0 Å². The van der Waals surface area contributed by atoms with E-state index in [1.165, 1.54) is 5.56 Å². The number of guanidine groups is 1. The van der Waals surface area contributed by atoms with Crippen molar-refractivity contribution in [1.82, 2.24) is 25.4 Å². The molecule has 0 aliphatic carbocycles. The van der Waals surface area contributed by atoms with E-state index in [0.717, 1.165) is 62.9 Å². The highest BCUT2D eigenvalue weighted by molar-refractivity contribution is 5.79. The summed E-state index contributed by atoms with van der Waals surface area (Å²) in [6, 6.07) is 6.13. The van der Waals surface area contributed by atoms with E-state index in [-0.39, 0.29) is 0 Å². The predicted octanol–water partition coefficient (Wildman–Crippen LogP) is 2.65. The highest BCUT2D eigenvalue weighted by Crippen LogP contribution is 2.28. The van der Waals surface area contributed by atoms with Crippen molar-refractivity contribution >= 4 is 5.96 Å². The van der Waals surface area contributed by atoms with Crippen LogP contribution in [-0.2, 0) is 13.0 Å². The minimum Gasteiger partial charge on any atom is -0.490 e. The van der Waals surface area contributed by atoms with E-state index in [4.69, 9.17) is 9.47 Å². The normalized spacial score (nSPS) is 11.3. The lowest BCUT2D eigenvalue weighted by Crippen LogP contribution is -2.38. The molecule has 0 amide bonds. The lowest BCUT2D eigenvalue weighted by Gasteiger charge is -2.14. The van der Waals surface area contributed by atoms with Gasteiger partial charge in [-0.2, -0.15) is 0 Å². The summed E-state index contributed by atoms with van der Waals surface area (Å²) < 4.78 is 13.3. The van der Waals surface area contributed by atoms with Crippen molar-refractivity contribution in [1.29, 1.82) is 0 Å². The minimum absolute atomic E-state index is 0.621. The smallest absolute Gasteiger partial charge is 0.191 e. The van der Waals surface area contributed by atoms with Gasteiger partial charge in [-0.25, -0.2) is 0 Å². The van der Waals surface area contributed by atoms with Crippen LogP contribution in [0.1, 0.15) is 39.2 Å². The number of aromatic nitrogens is 3. The second kappa shape index (κ2) is 13.4. The van der Waals surface area contributed by atoms with Crippen molar-refractivity contribution < 1.29 is 9.47 Å². The molecular weight excluding hydrogens is 368 g/mol. The molecule has 0 saturated heterocycles. The van der Waals surface area contributed by atoms with Crippen molar-refractivity contribution in [3.63, 3.8) is 0 Å². The zero-order chi connectivity index (χ0) is 20.7. The summed E-state index contributed by atoms with van der Waals surface area (Å²) in [4.78, 5) is 4.66. The van der Waals surface area contributed by atoms with Crippen molar-refractivity contribution in [2.75, 3.05) is 32.8 Å². The fourth-order valence-corrected chi connectivity index (χ4v) is 2.85. The quantitative estimate of drug-likeness (QED) is 0.304. The molecule has 0 bridgehead atoms. The molecule has 0 aliphatic heterocycles. The van der Waals surface area contributed by atoms with Gasteiger partial charge in [-0.05, 0) is 57.7 Å². The number of aliphatic imine (C=N–C) groups is 1. The number of aryl methyl sites for hydroxylation is 1. The molecule has 8 heteroatoms. The molecule has 1 aromatic carbocycles. The van der Waals surface area contributed by atoms with Gasteiger partial charge in [-0.15, -0.1) is 10.2 Å². The third-order valence-electron chi connectivity index (χ3n) is 4.22. The van der Waals surface area contributed by atoms with Crippen molar-refractivity contribution in [2.24, 2.45) is 4.99 Å². The lowest BCUT2D eigenvalue weighted by molar-refractivity contribution is 0.287. The molecule has 160 valence electrons. The summed E-state index contributed by atoms with van der Waals surface area (Å²) in [5.41, 5.74) is 1.20. The highest BCUT2D eigenvalue weighted by Gasteiger charge is 2.06. The van der Waals surface area contributed by atoms with Gasteiger partial charge in [0.1, 0.15) is 12.7 Å². The first-order chi connectivity index (χ1) is 14.3. The first-order valence-electron chi connectivity index (χ1n) is 10.5. The largest absolute Gasteiger partial charge is 0.490 e. The third kappa shape index (κ3) is 8.41. The highest BCUT2D eigenvalue weighted by atomic mass is 16.5. The summed E-state index contributed by atoms with van der Waals surface area (Å²) in [6.45, 7) is 10.6. The maximum Gasteiger partial charge on any atom is 0.191 e. The summed E-state index contributed by atoms with van der Waals surface area (Å²) in [5.74, 6) is 2.46. The average molecular weight is 403 g/mol. The Morgan fingerprint density at radius 3 is 2.48 bits per heavy atom. The van der Waals surface area contributed by atoms with E-state index in [1.54, 1.807) is 12.7 Å². The topological polar surface area (TPSA) is 85.6 Å². The molecule has 2 rings (SSSR count). The van der Waals surface area contributed by atoms with Crippen LogP contribution in [0.4, 0.5) is 0 Å². The Kier molecular flexibility index (Phi) is 10.4. The van der Waals surface area contributed by atoms with Crippen LogP contribution in [-0.4, -0.2) is 53.6 Å². The van der Waals surface area contributed by atoms with Gasteiger partial charge in [0, 0.05) is 26.2 Å². The number of rotatable bonds is 13. The number of unbranched alkanes of at least 4 members (excludes halogenated alkanes) is 1. The van der Waals surface area contributed by atoms with E-state index in [1.807, 2.05) is 24.5 Å². The van der Waals surface area contributed by atoms with E-state index >= 15 is 0 Å². The number of nitrogens with one attached hydrogen (secondary N) is 2. The van der Waals surface area contributed by atoms with Crippen LogP contribution in [0.3, 0.4) is 0 Å². The molecule has 0 radical (unpaired) electrons. The average Bonchev–Trinajstić information content (AvgIpc) is 3.23. The first kappa shape index (κ1) is 22.5. The summed E-state index contributed by atoms with van der Waals surface area (Å²) in [5, 5.41) is 14.3. The molecule has 2 aromatic rings. The Labute approximate surface area is 173 Å². The Hall–Kier alpha value is -2.77. The molecule has 0 unspecified atom stereocenters. The van der Waals surface area contributed by atoms with Gasteiger partial charge >= 0.3 is 0 Å². The summed E-state index contributed by atoms with van der Waals surface area (Å²) in [6.07, 6.45) is 6.43. The van der Waals surface area contributed by atoms with Crippen LogP contribution in [0.5, 0.6) is 11.5 Å². The minimum atomic E-state index is 0.621. The van der Waals surface area contributed by atoms with Gasteiger partial charge in [-0.3, -0.25) is 4.99 Å². The maximum atomic E-state index is 5.71. The van der Waals surface area contributed by atoms with Crippen LogP contribution in [0.15, 0.2) is 35.8 Å². The van der Waals surface area contributed by atoms with Crippen LogP contribution in [0.25, 0.3) is 0 Å². The molecule has 0 fully saturated rings. The van der Waals surface area contributed by atoms with Crippen molar-refractivity contribution in [2.45, 2.75) is 46.6 Å². The Morgan fingerprint density at radius 2 is 1.76 bits per heavy atom. The van der Waals surface area contributed by atoms with Gasteiger partial charge < -0.3 is 24.7 Å². The van der Waals surface area contributed by atoms with E-state index in [2.05, 4.69) is 44.9 Å². The predicted molar refractivity (Wildman–Crippen MR) is 116 cm³/mol. The Bertz CT molecular complexity index is 718. The fraction of sp³-hybridized carbons (Fsp3) is 0.571. The Morgan fingerprint density at radius 1 is 1.00 bits per heavy atom. The summed E-state index contributed by atoms with van der Waals surface area (Å²) in [7, 11) is 0. The molecule has 0 aliphatic rings. The van der Waals surface area contributed by atoms with Crippen LogP contribution in [0.2, 0.25) is 0 Å². The standard InChI is InChI=1S/C21H34N6O2/c1-4-22-21(23-12-7-8-14-27-16-25-26-17-27)24-13-11-18-9-10-19(28-5-2)20(15-18)29-6-3/h9-10,15-17H,4-8,11-14H2,1-3H3,(H2,22,23,24). The van der Waals surface area contributed by atoms with Gasteiger partial charge in [-0.1, -0.05) is 6.07 Å². The van der Waals surface area contributed by atoms with Crippen LogP contribution < -0.4 is 20.1 Å². The number of ether oxygens (including phenoxy) is 2. The zero-order valence-corrected chi connectivity index (χ0v) is 17.9. The molecule has 0 atom stereocenters. The molecule has 1 aromatic heterocycles. The SMILES string of the molecule is CCNC(=NCCCCn1cnnc1)NCCc1ccc(OCC)c(OCC)c1. The maximum absolute atomic E-state index is 5.71. The van der Waals surface area contributed by atoms with Crippen molar-refractivity contribution in [3.05, 3.63) is 36.4 Å². The van der Waals surface area contributed by atoms with Crippen LogP contribution >= 0.6 is 0 Å². The van der Waals surface area contributed by atoms with E-state index in [0.29, 0.717) is 13.2 Å². The fourth-order valence-electron chi connectivity index (χ4n) is 2.85. The molecular formula is C21H34N6O2. The molecule has 1 heterocycles. The van der Waals surface area contributed by atoms with Crippen molar-refractivity contribution in [3.8, 4) is 11.5 Å². The number of hydrogen-bond acceptors (Lipinski definition) is 5. The van der Waals surface area contributed by atoms with Crippen LogP contribution in [0, 0.1) is 0 Å². The zero-order valence-electron chi connectivity index (χ0n) is 17.9. The third-order valence-corrected chi connectivity index (χ3v) is 4.22.